The average Bonchev–Trinajstić information content (AvgIpc) is 2.94. The molecular weight excluding hydrogens is 240 g/mol. The van der Waals surface area contributed by atoms with Crippen molar-refractivity contribution in [2.45, 2.75) is 17.8 Å². The maximum atomic E-state index is 11.3. The summed E-state index contributed by atoms with van der Waals surface area (Å²) in [6, 6.07) is 1.84. The molecule has 0 bridgehead atoms. The number of hydrogen-bond acceptors (Lipinski definition) is 5. The van der Waals surface area contributed by atoms with Crippen LogP contribution in [0.4, 0.5) is 0 Å². The van der Waals surface area contributed by atoms with Gasteiger partial charge in [0.2, 0.25) is 5.76 Å². The van der Waals surface area contributed by atoms with Gasteiger partial charge in [-0.25, -0.2) is 9.78 Å². The van der Waals surface area contributed by atoms with Gasteiger partial charge in [-0.3, -0.25) is 0 Å². The number of aryl methyl sites for hydroxylation is 1. The van der Waals surface area contributed by atoms with Gasteiger partial charge < -0.3 is 14.1 Å². The van der Waals surface area contributed by atoms with E-state index in [4.69, 9.17) is 4.42 Å². The summed E-state index contributed by atoms with van der Waals surface area (Å²) in [4.78, 5) is 18.4. The monoisotopic (exact) mass is 252 g/mol. The maximum Gasteiger partial charge on any atom is 0.374 e. The number of aromatic amines is 1. The number of rotatable bonds is 4. The summed E-state index contributed by atoms with van der Waals surface area (Å²) >= 11 is 1.51. The van der Waals surface area contributed by atoms with E-state index in [1.165, 1.54) is 18.9 Å². The van der Waals surface area contributed by atoms with E-state index in [1.54, 1.807) is 12.4 Å². The van der Waals surface area contributed by atoms with E-state index in [2.05, 4.69) is 14.7 Å². The lowest BCUT2D eigenvalue weighted by Gasteiger charge is -1.96. The van der Waals surface area contributed by atoms with Crippen LogP contribution in [0.5, 0.6) is 0 Å². The van der Waals surface area contributed by atoms with Crippen molar-refractivity contribution in [1.82, 2.24) is 9.97 Å². The van der Waals surface area contributed by atoms with Crippen molar-refractivity contribution in [3.63, 3.8) is 0 Å². The van der Waals surface area contributed by atoms with Crippen molar-refractivity contribution < 1.29 is 13.9 Å². The van der Waals surface area contributed by atoms with Crippen molar-refractivity contribution in [1.29, 1.82) is 0 Å². The highest BCUT2D eigenvalue weighted by Gasteiger charge is 2.16. The number of aromatic nitrogens is 2. The molecule has 2 aromatic rings. The summed E-state index contributed by atoms with van der Waals surface area (Å²) in [6.45, 7) is 1.82. The second-order valence-corrected chi connectivity index (χ2v) is 4.36. The third kappa shape index (κ3) is 2.71. The molecule has 0 atom stereocenters. The zero-order chi connectivity index (χ0) is 12.3. The lowest BCUT2D eigenvalue weighted by molar-refractivity contribution is 0.0562. The summed E-state index contributed by atoms with van der Waals surface area (Å²) in [5.41, 5.74) is 0.784. The van der Waals surface area contributed by atoms with Crippen LogP contribution in [0.1, 0.15) is 21.9 Å². The van der Waals surface area contributed by atoms with Crippen LogP contribution in [0, 0.1) is 6.92 Å². The Kier molecular flexibility index (Phi) is 3.53. The molecule has 0 aliphatic heterocycles. The molecule has 90 valence electrons. The largest absolute Gasteiger partial charge is 0.463 e. The Balaban J connectivity index is 2.05. The van der Waals surface area contributed by atoms with Gasteiger partial charge in [-0.1, -0.05) is 11.8 Å². The first-order valence-electron chi connectivity index (χ1n) is 5.00. The molecule has 0 saturated heterocycles. The number of methoxy groups -OCH3 is 1. The van der Waals surface area contributed by atoms with Crippen LogP contribution in [0.25, 0.3) is 0 Å². The van der Waals surface area contributed by atoms with Gasteiger partial charge in [0.1, 0.15) is 5.76 Å². The Bertz CT molecular complexity index is 505. The van der Waals surface area contributed by atoms with Crippen molar-refractivity contribution >= 4 is 17.7 Å². The smallest absolute Gasteiger partial charge is 0.374 e. The number of esters is 1. The van der Waals surface area contributed by atoms with Gasteiger partial charge >= 0.3 is 5.97 Å². The molecule has 0 amide bonds. The number of imidazole rings is 1. The first-order valence-corrected chi connectivity index (χ1v) is 5.99. The summed E-state index contributed by atoms with van der Waals surface area (Å²) in [5.74, 6) is 1.16. The fraction of sp³-hybridized carbons (Fsp3) is 0.273. The van der Waals surface area contributed by atoms with Crippen molar-refractivity contribution in [2.75, 3.05) is 7.11 Å². The number of hydrogen-bond donors (Lipinski definition) is 1. The summed E-state index contributed by atoms with van der Waals surface area (Å²) in [7, 11) is 1.33. The molecule has 0 fully saturated rings. The number of H-pyrrole nitrogens is 1. The zero-order valence-corrected chi connectivity index (χ0v) is 10.3. The van der Waals surface area contributed by atoms with Gasteiger partial charge in [0.25, 0.3) is 0 Å². The molecule has 0 unspecified atom stereocenters. The number of nitrogens with one attached hydrogen (secondary N) is 1. The van der Waals surface area contributed by atoms with E-state index in [1.807, 2.05) is 13.0 Å². The van der Waals surface area contributed by atoms with E-state index in [-0.39, 0.29) is 5.76 Å². The third-order valence-electron chi connectivity index (χ3n) is 2.16. The van der Waals surface area contributed by atoms with Crippen LogP contribution < -0.4 is 0 Å². The second-order valence-electron chi connectivity index (χ2n) is 3.40. The van der Waals surface area contributed by atoms with Crippen molar-refractivity contribution in [3.8, 4) is 0 Å². The minimum Gasteiger partial charge on any atom is -0.463 e. The average molecular weight is 252 g/mol. The van der Waals surface area contributed by atoms with Crippen molar-refractivity contribution in [3.05, 3.63) is 35.5 Å². The van der Waals surface area contributed by atoms with Crippen LogP contribution in [0.3, 0.4) is 0 Å². The molecule has 2 aromatic heterocycles. The molecule has 17 heavy (non-hydrogen) atoms. The lowest BCUT2D eigenvalue weighted by atomic mass is 10.3. The third-order valence-corrected chi connectivity index (χ3v) is 3.09. The fourth-order valence-corrected chi connectivity index (χ4v) is 2.09. The fourth-order valence-electron chi connectivity index (χ4n) is 1.38. The number of nitrogens with zero attached hydrogens (tertiary/aromatic N) is 1. The predicted octanol–water partition coefficient (Wildman–Crippen LogP) is 2.39. The Morgan fingerprint density at radius 3 is 3.12 bits per heavy atom. The zero-order valence-electron chi connectivity index (χ0n) is 9.52. The Morgan fingerprint density at radius 1 is 1.65 bits per heavy atom. The molecule has 1 N–H and O–H groups in total. The van der Waals surface area contributed by atoms with Gasteiger partial charge in [-0.2, -0.15) is 0 Å². The normalized spacial score (nSPS) is 10.5. The summed E-state index contributed by atoms with van der Waals surface area (Å²) in [5, 5.41) is 0.818. The quantitative estimate of drug-likeness (QED) is 0.668. The summed E-state index contributed by atoms with van der Waals surface area (Å²) in [6.07, 6.45) is 3.45. The molecule has 0 spiro atoms. The number of furan rings is 1. The minimum absolute atomic E-state index is 0.266. The number of thioether (sulfide) groups is 1. The van der Waals surface area contributed by atoms with Gasteiger partial charge in [0, 0.05) is 18.0 Å². The highest BCUT2D eigenvalue weighted by atomic mass is 32.2. The van der Waals surface area contributed by atoms with E-state index < -0.39 is 5.97 Å². The molecule has 0 aliphatic rings. The molecule has 6 heteroatoms. The molecule has 2 rings (SSSR count). The SMILES string of the molecule is COC(=O)c1oc(CSc2ncc[nH]2)cc1C. The predicted molar refractivity (Wildman–Crippen MR) is 62.9 cm³/mol. The standard InChI is InChI=1S/C11H12N2O3S/c1-7-5-8(16-9(7)10(14)15-2)6-17-11-12-3-4-13-11/h3-5H,6H2,1-2H3,(H,12,13). The Morgan fingerprint density at radius 2 is 2.47 bits per heavy atom. The Labute approximate surface area is 103 Å². The van der Waals surface area contributed by atoms with Gasteiger partial charge in [0.05, 0.1) is 12.9 Å². The Hall–Kier alpha value is -1.69. The van der Waals surface area contributed by atoms with Crippen LogP contribution in [-0.2, 0) is 10.5 Å². The van der Waals surface area contributed by atoms with Gasteiger partial charge in [0.15, 0.2) is 5.16 Å². The van der Waals surface area contributed by atoms with E-state index in [0.717, 1.165) is 16.5 Å². The highest BCUT2D eigenvalue weighted by molar-refractivity contribution is 7.98. The number of carbonyl (C=O) groups is 1. The van der Waals surface area contributed by atoms with Crippen molar-refractivity contribution in [2.24, 2.45) is 0 Å². The maximum absolute atomic E-state index is 11.3. The van der Waals surface area contributed by atoms with Crippen LogP contribution in [0.2, 0.25) is 0 Å². The second kappa shape index (κ2) is 5.09. The first kappa shape index (κ1) is 11.8. The molecule has 5 nitrogen and oxygen atoms in total. The molecular formula is C11H12N2O3S. The lowest BCUT2D eigenvalue weighted by Crippen LogP contribution is -2.00. The highest BCUT2D eigenvalue weighted by Crippen LogP contribution is 2.23. The van der Waals surface area contributed by atoms with Gasteiger partial charge in [-0.15, -0.1) is 0 Å². The molecule has 2 heterocycles. The minimum atomic E-state index is -0.447. The molecule has 0 saturated carbocycles. The number of ether oxygens (including phenoxy) is 1. The molecule has 0 radical (unpaired) electrons. The van der Waals surface area contributed by atoms with E-state index in [9.17, 15) is 4.79 Å². The molecule has 0 aliphatic carbocycles. The molecule has 0 aromatic carbocycles. The first-order chi connectivity index (χ1) is 8.20. The van der Waals surface area contributed by atoms with Crippen LogP contribution in [-0.4, -0.2) is 23.0 Å². The topological polar surface area (TPSA) is 68.1 Å². The van der Waals surface area contributed by atoms with E-state index in [0.29, 0.717) is 5.75 Å². The van der Waals surface area contributed by atoms with E-state index >= 15 is 0 Å². The van der Waals surface area contributed by atoms with Crippen LogP contribution in [0.15, 0.2) is 28.0 Å². The van der Waals surface area contributed by atoms with Gasteiger partial charge in [-0.05, 0) is 13.0 Å². The summed E-state index contributed by atoms with van der Waals surface area (Å²) < 4.78 is 10.1. The van der Waals surface area contributed by atoms with Crippen LogP contribution >= 0.6 is 11.8 Å². The number of carbonyl (C=O) groups excluding carboxylic acids is 1.